The number of aliphatic hydroxyl groups is 1. The van der Waals surface area contributed by atoms with Crippen LogP contribution in [-0.4, -0.2) is 55.4 Å². The summed E-state index contributed by atoms with van der Waals surface area (Å²) in [5, 5.41) is 10.2. The maximum atomic E-state index is 14.5. The largest absolute Gasteiger partial charge is 0.430 e. The molecule has 16 heteroatoms. The number of benzene rings is 3. The molecule has 0 spiro atoms. The predicted molar refractivity (Wildman–Crippen MR) is 156 cm³/mol. The van der Waals surface area contributed by atoms with Crippen LogP contribution in [0.25, 0.3) is 0 Å². The van der Waals surface area contributed by atoms with Crippen LogP contribution in [0.3, 0.4) is 0 Å². The number of carbonyl (C=O) groups is 1. The fourth-order valence-corrected chi connectivity index (χ4v) is 8.66. The number of sulfone groups is 1. The van der Waals surface area contributed by atoms with Gasteiger partial charge in [-0.2, -0.15) is 26.3 Å². The van der Waals surface area contributed by atoms with Gasteiger partial charge < -0.3 is 14.7 Å². The normalized spacial score (nSPS) is 21.7. The summed E-state index contributed by atoms with van der Waals surface area (Å²) >= 11 is 0. The number of hydrogen-bond acceptors (Lipinski definition) is 5. The Kier molecular flexibility index (Phi) is 9.43. The number of carbonyl (C=O) groups excluding carboxylic acids is 1. The maximum absolute atomic E-state index is 14.5. The third-order valence-corrected chi connectivity index (χ3v) is 11.9. The Morgan fingerprint density at radius 2 is 1.37 bits per heavy atom. The van der Waals surface area contributed by atoms with Crippen molar-refractivity contribution in [2.24, 2.45) is 5.92 Å². The highest BCUT2D eigenvalue weighted by Gasteiger charge is 2.73. The Morgan fingerprint density at radius 3 is 1.86 bits per heavy atom. The number of piperidine rings is 1. The van der Waals surface area contributed by atoms with E-state index in [1.165, 1.54) is 4.90 Å². The van der Waals surface area contributed by atoms with Crippen LogP contribution in [0.15, 0.2) is 71.6 Å². The maximum Gasteiger partial charge on any atom is 0.430 e. The topological polar surface area (TPSA) is 83.9 Å². The lowest BCUT2D eigenvalue weighted by Crippen LogP contribution is -2.56. The summed E-state index contributed by atoms with van der Waals surface area (Å²) in [6, 6.07) is 7.99. The monoisotopic (exact) mass is 723 g/mol. The molecule has 266 valence electrons. The van der Waals surface area contributed by atoms with Gasteiger partial charge in [-0.15, -0.1) is 0 Å². The molecule has 0 atom stereocenters. The number of likely N-dealkylation sites (tertiary alicyclic amines) is 1. The van der Waals surface area contributed by atoms with Gasteiger partial charge in [-0.3, -0.25) is 4.79 Å². The van der Waals surface area contributed by atoms with Gasteiger partial charge in [0.1, 0.15) is 22.2 Å². The molecular weight excluding hydrogens is 693 g/mol. The van der Waals surface area contributed by atoms with Gasteiger partial charge in [0, 0.05) is 30.1 Å². The fourth-order valence-electron chi connectivity index (χ4n) is 6.42. The lowest BCUT2D eigenvalue weighted by atomic mass is 9.69. The van der Waals surface area contributed by atoms with Crippen LogP contribution in [0, 0.1) is 23.4 Å². The number of ether oxygens (including phenoxy) is 1. The summed E-state index contributed by atoms with van der Waals surface area (Å²) in [4.78, 5) is 14.4. The van der Waals surface area contributed by atoms with Crippen molar-refractivity contribution >= 4 is 15.7 Å². The summed E-state index contributed by atoms with van der Waals surface area (Å²) < 4.78 is 159. The Hall–Kier alpha value is -3.63. The predicted octanol–water partition coefficient (Wildman–Crippen LogP) is 7.09. The van der Waals surface area contributed by atoms with E-state index in [0.29, 0.717) is 24.3 Å². The van der Waals surface area contributed by atoms with Gasteiger partial charge in [-0.05, 0) is 74.6 Å². The lowest BCUT2D eigenvalue weighted by Gasteiger charge is -2.48. The minimum absolute atomic E-state index is 0.183. The van der Waals surface area contributed by atoms with Crippen molar-refractivity contribution in [3.05, 3.63) is 101 Å². The van der Waals surface area contributed by atoms with E-state index < -0.39 is 103 Å². The molecule has 3 aromatic rings. The zero-order chi connectivity index (χ0) is 36.2. The average Bonchev–Trinajstić information content (AvgIpc) is 2.97. The number of hydrogen-bond donors (Lipinski definition) is 1. The number of alkyl halides is 6. The van der Waals surface area contributed by atoms with Crippen molar-refractivity contribution in [1.82, 2.24) is 4.90 Å². The van der Waals surface area contributed by atoms with E-state index in [4.69, 9.17) is 0 Å². The zero-order valence-electron chi connectivity index (χ0n) is 25.7. The van der Waals surface area contributed by atoms with Gasteiger partial charge in [-0.1, -0.05) is 30.3 Å². The first kappa shape index (κ1) is 36.6. The van der Waals surface area contributed by atoms with E-state index in [9.17, 15) is 57.8 Å². The molecule has 5 rings (SSSR count). The van der Waals surface area contributed by atoms with Crippen molar-refractivity contribution in [2.75, 3.05) is 13.1 Å². The van der Waals surface area contributed by atoms with Crippen molar-refractivity contribution in [3.63, 3.8) is 0 Å². The smallest absolute Gasteiger partial charge is 0.390 e. The van der Waals surface area contributed by atoms with E-state index >= 15 is 0 Å². The van der Waals surface area contributed by atoms with Crippen LogP contribution in [-0.2, 0) is 36.3 Å². The molecule has 1 aliphatic carbocycles. The van der Waals surface area contributed by atoms with Crippen LogP contribution in [0.1, 0.15) is 49.3 Å². The van der Waals surface area contributed by atoms with Gasteiger partial charge in [-0.25, -0.2) is 21.6 Å². The molecule has 2 aliphatic rings. The molecule has 1 amide bonds. The molecule has 0 aromatic heterocycles. The van der Waals surface area contributed by atoms with Gasteiger partial charge in [0.15, 0.2) is 9.84 Å². The van der Waals surface area contributed by atoms with E-state index in [-0.39, 0.29) is 31.5 Å². The summed E-state index contributed by atoms with van der Waals surface area (Å²) in [6.45, 7) is 0.209. The fraction of sp³-hybridized carbons (Fsp3) is 0.424. The van der Waals surface area contributed by atoms with Gasteiger partial charge in [0.2, 0.25) is 5.91 Å². The molecule has 1 heterocycles. The molecule has 49 heavy (non-hydrogen) atoms. The van der Waals surface area contributed by atoms with E-state index in [0.717, 1.165) is 42.5 Å². The van der Waals surface area contributed by atoms with Crippen LogP contribution >= 0.6 is 0 Å². The van der Waals surface area contributed by atoms with Crippen LogP contribution in [0.5, 0.6) is 0 Å². The van der Waals surface area contributed by atoms with Crippen molar-refractivity contribution in [1.29, 1.82) is 0 Å². The highest BCUT2D eigenvalue weighted by Crippen LogP contribution is 2.57. The summed E-state index contributed by atoms with van der Waals surface area (Å²) in [5.41, 5.74) is -9.06. The Labute approximate surface area is 275 Å². The molecule has 1 aliphatic heterocycles. The summed E-state index contributed by atoms with van der Waals surface area (Å²) in [5.74, 6) is -4.98. The van der Waals surface area contributed by atoms with Gasteiger partial charge in [0.25, 0.3) is 5.60 Å². The SMILES string of the molecule is CC1(O)CCN(C(=O)C2CC(c3ccc(C(OCc4c(F)cccc4F)(C(F)(F)F)C(F)(F)F)cc3)(S(=O)(=O)c3ccc(F)cc3)C2)CC1. The highest BCUT2D eigenvalue weighted by atomic mass is 32.2. The number of rotatable bonds is 8. The first-order valence-electron chi connectivity index (χ1n) is 15.0. The molecule has 1 saturated carbocycles. The van der Waals surface area contributed by atoms with Crippen molar-refractivity contribution in [3.8, 4) is 0 Å². The summed E-state index contributed by atoms with van der Waals surface area (Å²) in [6.07, 6.45) is -12.7. The third-order valence-electron chi connectivity index (χ3n) is 9.40. The Balaban J connectivity index is 1.55. The van der Waals surface area contributed by atoms with Gasteiger partial charge in [0.05, 0.1) is 17.1 Å². The number of amides is 1. The van der Waals surface area contributed by atoms with Gasteiger partial charge >= 0.3 is 12.4 Å². The quantitative estimate of drug-likeness (QED) is 0.198. The summed E-state index contributed by atoms with van der Waals surface area (Å²) in [7, 11) is -4.55. The Bertz CT molecular complexity index is 1760. The molecule has 1 N–H and O–H groups in total. The second-order valence-corrected chi connectivity index (χ2v) is 14.9. The van der Waals surface area contributed by atoms with Crippen molar-refractivity contribution < 1.29 is 62.6 Å². The zero-order valence-corrected chi connectivity index (χ0v) is 26.5. The average molecular weight is 724 g/mol. The van der Waals surface area contributed by atoms with Crippen LogP contribution in [0.2, 0.25) is 0 Å². The van der Waals surface area contributed by atoms with Crippen LogP contribution in [0.4, 0.5) is 39.5 Å². The molecular formula is C33H30F9NO5S. The first-order chi connectivity index (χ1) is 22.7. The molecule has 0 radical (unpaired) electrons. The second kappa shape index (κ2) is 12.6. The van der Waals surface area contributed by atoms with E-state index in [2.05, 4.69) is 4.74 Å². The van der Waals surface area contributed by atoms with E-state index in [1.54, 1.807) is 6.92 Å². The standard InChI is InChI=1S/C33H30F9NO5S/c1-29(45)13-15-43(16-14-29)28(44)20-17-30(18-20,49(46,47)24-11-9-23(34)10-12-24)21-5-7-22(8-6-21)31(32(37,38)39,33(40,41)42)48-19-25-26(35)3-2-4-27(25)36/h2-12,20,45H,13-19H2,1H3. The van der Waals surface area contributed by atoms with Crippen LogP contribution < -0.4 is 0 Å². The Morgan fingerprint density at radius 1 is 0.857 bits per heavy atom. The second-order valence-electron chi connectivity index (χ2n) is 12.6. The first-order valence-corrected chi connectivity index (χ1v) is 16.5. The highest BCUT2D eigenvalue weighted by molar-refractivity contribution is 7.92. The molecule has 3 aromatic carbocycles. The molecule has 1 saturated heterocycles. The lowest BCUT2D eigenvalue weighted by molar-refractivity contribution is -0.392. The molecule has 6 nitrogen and oxygen atoms in total. The minimum Gasteiger partial charge on any atom is -0.390 e. The third kappa shape index (κ3) is 6.42. The van der Waals surface area contributed by atoms with E-state index in [1.807, 2.05) is 0 Å². The number of nitrogens with zero attached hydrogens (tertiary/aromatic N) is 1. The number of halogens is 9. The molecule has 0 unspecified atom stereocenters. The minimum atomic E-state index is -6.22. The molecule has 2 fully saturated rings. The van der Waals surface area contributed by atoms with Crippen molar-refractivity contribution in [2.45, 2.75) is 72.4 Å². The molecule has 0 bridgehead atoms.